The molecule has 3 heterocycles. The van der Waals surface area contributed by atoms with Crippen molar-refractivity contribution >= 4 is 29.7 Å². The van der Waals surface area contributed by atoms with E-state index >= 15 is 0 Å². The molecular weight excluding hydrogens is 330 g/mol. The first-order valence-corrected chi connectivity index (χ1v) is 8.44. The number of halogens is 1. The first kappa shape index (κ1) is 17.2. The number of amides is 1. The smallest absolute Gasteiger partial charge is 0.274 e. The third kappa shape index (κ3) is 3.00. The standard InChI is InChI=1S/C17H21N3O3.ClH/c21-17(10-11-8-12-4-5-13(9-11)18-12)19-7-6-14-15(19)2-1-3-16(14)20(22)23;/h1-3,11-13,18H,4-10H2;1H. The Bertz CT molecular complexity index is 654. The molecule has 130 valence electrons. The third-order valence-corrected chi connectivity index (χ3v) is 5.53. The van der Waals surface area contributed by atoms with Crippen LogP contribution >= 0.6 is 12.4 Å². The first-order chi connectivity index (χ1) is 11.1. The van der Waals surface area contributed by atoms with E-state index in [1.807, 2.05) is 6.07 Å². The van der Waals surface area contributed by atoms with E-state index in [4.69, 9.17) is 0 Å². The van der Waals surface area contributed by atoms with Crippen molar-refractivity contribution in [3.05, 3.63) is 33.9 Å². The van der Waals surface area contributed by atoms with E-state index in [1.54, 1.807) is 11.0 Å². The van der Waals surface area contributed by atoms with Crippen LogP contribution in [0.4, 0.5) is 11.4 Å². The van der Waals surface area contributed by atoms with Crippen molar-refractivity contribution in [1.29, 1.82) is 0 Å². The Balaban J connectivity index is 0.00000169. The van der Waals surface area contributed by atoms with Gasteiger partial charge in [0.1, 0.15) is 0 Å². The highest BCUT2D eigenvalue weighted by atomic mass is 35.5. The maximum absolute atomic E-state index is 12.7. The summed E-state index contributed by atoms with van der Waals surface area (Å²) < 4.78 is 0. The summed E-state index contributed by atoms with van der Waals surface area (Å²) in [5, 5.41) is 14.7. The van der Waals surface area contributed by atoms with Crippen molar-refractivity contribution in [3.63, 3.8) is 0 Å². The summed E-state index contributed by atoms with van der Waals surface area (Å²) in [5.41, 5.74) is 1.58. The summed E-state index contributed by atoms with van der Waals surface area (Å²) in [7, 11) is 0. The molecule has 0 aliphatic carbocycles. The van der Waals surface area contributed by atoms with Gasteiger partial charge in [-0.2, -0.15) is 0 Å². The summed E-state index contributed by atoms with van der Waals surface area (Å²) in [6.45, 7) is 0.566. The zero-order valence-electron chi connectivity index (χ0n) is 13.4. The second kappa shape index (κ2) is 6.69. The van der Waals surface area contributed by atoms with Gasteiger partial charge in [-0.1, -0.05) is 6.07 Å². The molecule has 3 aliphatic heterocycles. The van der Waals surface area contributed by atoms with Crippen LogP contribution in [-0.2, 0) is 11.2 Å². The van der Waals surface area contributed by atoms with Crippen molar-refractivity contribution in [3.8, 4) is 0 Å². The van der Waals surface area contributed by atoms with Crippen molar-refractivity contribution < 1.29 is 9.72 Å². The fraction of sp³-hybridized carbons (Fsp3) is 0.588. The van der Waals surface area contributed by atoms with E-state index in [-0.39, 0.29) is 28.9 Å². The van der Waals surface area contributed by atoms with Crippen molar-refractivity contribution in [2.45, 2.75) is 50.6 Å². The predicted octanol–water partition coefficient (Wildman–Crippen LogP) is 2.83. The van der Waals surface area contributed by atoms with Gasteiger partial charge in [0.2, 0.25) is 5.91 Å². The Labute approximate surface area is 147 Å². The van der Waals surface area contributed by atoms with Crippen LogP contribution in [0.25, 0.3) is 0 Å². The highest BCUT2D eigenvalue weighted by molar-refractivity contribution is 5.96. The predicted molar refractivity (Wildman–Crippen MR) is 93.7 cm³/mol. The van der Waals surface area contributed by atoms with Crippen molar-refractivity contribution in [2.24, 2.45) is 5.92 Å². The van der Waals surface area contributed by atoms with Gasteiger partial charge in [0, 0.05) is 31.1 Å². The number of piperidine rings is 1. The zero-order valence-corrected chi connectivity index (χ0v) is 14.3. The number of fused-ring (bicyclic) bond motifs is 3. The van der Waals surface area contributed by atoms with Crippen LogP contribution in [-0.4, -0.2) is 29.5 Å². The minimum Gasteiger partial charge on any atom is -0.312 e. The average Bonchev–Trinajstić information content (AvgIpc) is 3.10. The molecular formula is C17H22ClN3O3. The Hall–Kier alpha value is -1.66. The number of hydrogen-bond acceptors (Lipinski definition) is 4. The van der Waals surface area contributed by atoms with Crippen LogP contribution in [0.15, 0.2) is 18.2 Å². The van der Waals surface area contributed by atoms with Crippen molar-refractivity contribution in [2.75, 3.05) is 11.4 Å². The lowest BCUT2D eigenvalue weighted by atomic mass is 9.89. The monoisotopic (exact) mass is 351 g/mol. The van der Waals surface area contributed by atoms with Gasteiger partial charge in [-0.05, 0) is 44.1 Å². The number of nitrogens with zero attached hydrogens (tertiary/aromatic N) is 2. The zero-order chi connectivity index (χ0) is 16.0. The number of anilines is 1. The molecule has 2 unspecified atom stereocenters. The quantitative estimate of drug-likeness (QED) is 0.671. The Morgan fingerprint density at radius 2 is 2.00 bits per heavy atom. The molecule has 2 atom stereocenters. The lowest BCUT2D eigenvalue weighted by molar-refractivity contribution is -0.385. The van der Waals surface area contributed by atoms with E-state index in [0.29, 0.717) is 43.0 Å². The first-order valence-electron chi connectivity index (χ1n) is 8.44. The molecule has 1 aromatic carbocycles. The summed E-state index contributed by atoms with van der Waals surface area (Å²) in [6, 6.07) is 6.20. The summed E-state index contributed by atoms with van der Waals surface area (Å²) in [5.74, 6) is 0.569. The molecule has 1 amide bonds. The third-order valence-electron chi connectivity index (χ3n) is 5.53. The number of carbonyl (C=O) groups excluding carboxylic acids is 1. The van der Waals surface area contributed by atoms with E-state index < -0.39 is 0 Å². The molecule has 1 N–H and O–H groups in total. The van der Waals surface area contributed by atoms with Gasteiger partial charge in [0.05, 0.1) is 16.2 Å². The molecule has 0 saturated carbocycles. The lowest BCUT2D eigenvalue weighted by Gasteiger charge is -2.30. The summed E-state index contributed by atoms with van der Waals surface area (Å²) in [6.07, 6.45) is 5.77. The Morgan fingerprint density at radius 1 is 1.29 bits per heavy atom. The molecule has 3 aliphatic rings. The number of rotatable bonds is 3. The number of nitro groups is 1. The lowest BCUT2D eigenvalue weighted by Crippen LogP contribution is -2.40. The number of nitrogens with one attached hydrogen (secondary N) is 1. The number of benzene rings is 1. The second-order valence-corrected chi connectivity index (χ2v) is 7.01. The minimum absolute atomic E-state index is 0. The molecule has 0 aromatic heterocycles. The second-order valence-electron chi connectivity index (χ2n) is 7.01. The van der Waals surface area contributed by atoms with E-state index in [0.717, 1.165) is 18.5 Å². The maximum atomic E-state index is 12.7. The summed E-state index contributed by atoms with van der Waals surface area (Å²) >= 11 is 0. The molecule has 2 bridgehead atoms. The number of carbonyl (C=O) groups is 1. The van der Waals surface area contributed by atoms with Gasteiger partial charge in [-0.15, -0.1) is 12.4 Å². The van der Waals surface area contributed by atoms with E-state index in [2.05, 4.69) is 5.32 Å². The largest absolute Gasteiger partial charge is 0.312 e. The molecule has 6 nitrogen and oxygen atoms in total. The van der Waals surface area contributed by atoms with E-state index in [9.17, 15) is 14.9 Å². The highest BCUT2D eigenvalue weighted by Crippen LogP contribution is 2.37. The summed E-state index contributed by atoms with van der Waals surface area (Å²) in [4.78, 5) is 25.3. The SMILES string of the molecule is Cl.O=C(CC1CC2CCC(C1)N2)N1CCc2c1cccc2[N+](=O)[O-]. The Kier molecular flexibility index (Phi) is 4.78. The van der Waals surface area contributed by atoms with Gasteiger partial charge >= 0.3 is 0 Å². The molecule has 1 aromatic rings. The molecule has 7 heteroatoms. The van der Waals surface area contributed by atoms with Crippen LogP contribution < -0.4 is 10.2 Å². The number of hydrogen-bond donors (Lipinski definition) is 1. The average molecular weight is 352 g/mol. The Morgan fingerprint density at radius 3 is 2.67 bits per heavy atom. The fourth-order valence-electron chi connectivity index (χ4n) is 4.54. The molecule has 4 rings (SSSR count). The molecule has 2 saturated heterocycles. The molecule has 0 spiro atoms. The minimum atomic E-state index is -0.350. The van der Waals surface area contributed by atoms with Gasteiger partial charge in [0.15, 0.2) is 0 Å². The van der Waals surface area contributed by atoms with Crippen LogP contribution in [0, 0.1) is 16.0 Å². The van der Waals surface area contributed by atoms with Gasteiger partial charge in [0.25, 0.3) is 5.69 Å². The molecule has 24 heavy (non-hydrogen) atoms. The fourth-order valence-corrected chi connectivity index (χ4v) is 4.54. The van der Waals surface area contributed by atoms with Gasteiger partial charge in [-0.3, -0.25) is 14.9 Å². The van der Waals surface area contributed by atoms with Gasteiger partial charge in [-0.25, -0.2) is 0 Å². The van der Waals surface area contributed by atoms with Crippen LogP contribution in [0.2, 0.25) is 0 Å². The molecule has 2 fully saturated rings. The topological polar surface area (TPSA) is 75.5 Å². The van der Waals surface area contributed by atoms with E-state index in [1.165, 1.54) is 18.9 Å². The maximum Gasteiger partial charge on any atom is 0.274 e. The number of nitro benzene ring substituents is 1. The molecule has 0 radical (unpaired) electrons. The van der Waals surface area contributed by atoms with Crippen LogP contribution in [0.1, 0.15) is 37.7 Å². The van der Waals surface area contributed by atoms with Crippen molar-refractivity contribution in [1.82, 2.24) is 5.32 Å². The van der Waals surface area contributed by atoms with Crippen LogP contribution in [0.3, 0.4) is 0 Å². The highest BCUT2D eigenvalue weighted by Gasteiger charge is 2.36. The normalized spacial score (nSPS) is 27.5. The van der Waals surface area contributed by atoms with Gasteiger partial charge < -0.3 is 10.2 Å². The van der Waals surface area contributed by atoms with Crippen LogP contribution in [0.5, 0.6) is 0 Å².